The van der Waals surface area contributed by atoms with Crippen molar-refractivity contribution in [3.8, 4) is 11.4 Å². The first kappa shape index (κ1) is 9.78. The van der Waals surface area contributed by atoms with E-state index in [1.54, 1.807) is 6.07 Å². The van der Waals surface area contributed by atoms with Crippen LogP contribution in [0.4, 0.5) is 0 Å². The average molecular weight is 221 g/mol. The highest BCUT2D eigenvalue weighted by Gasteiger charge is 2.04. The summed E-state index contributed by atoms with van der Waals surface area (Å²) in [5.74, 6) is 0.806. The van der Waals surface area contributed by atoms with Crippen LogP contribution in [-0.2, 0) is 0 Å². The second kappa shape index (κ2) is 3.87. The summed E-state index contributed by atoms with van der Waals surface area (Å²) < 4.78 is 0. The number of nitrogens with zero attached hydrogens (tertiary/aromatic N) is 1. The Morgan fingerprint density at radius 2 is 1.59 bits per heavy atom. The van der Waals surface area contributed by atoms with Crippen LogP contribution in [0.1, 0.15) is 0 Å². The van der Waals surface area contributed by atoms with Crippen molar-refractivity contribution in [2.24, 2.45) is 0 Å². The SMILES string of the molecule is N=c1ccccc2[nH]c(-c3ccccc3)nc12. The summed E-state index contributed by atoms with van der Waals surface area (Å²) >= 11 is 0. The molecule has 82 valence electrons. The van der Waals surface area contributed by atoms with Crippen molar-refractivity contribution >= 4 is 11.0 Å². The molecule has 0 fully saturated rings. The Hall–Kier alpha value is -2.42. The molecule has 1 aromatic heterocycles. The summed E-state index contributed by atoms with van der Waals surface area (Å²) in [4.78, 5) is 7.72. The van der Waals surface area contributed by atoms with E-state index in [2.05, 4.69) is 9.97 Å². The van der Waals surface area contributed by atoms with Gasteiger partial charge in [-0.05, 0) is 12.1 Å². The number of aromatic nitrogens is 2. The fraction of sp³-hybridized carbons (Fsp3) is 0. The van der Waals surface area contributed by atoms with Crippen molar-refractivity contribution in [2.75, 3.05) is 0 Å². The average Bonchev–Trinajstić information content (AvgIpc) is 2.72. The highest BCUT2D eigenvalue weighted by atomic mass is 14.9. The van der Waals surface area contributed by atoms with Crippen molar-refractivity contribution < 1.29 is 0 Å². The Bertz CT molecular complexity index is 714. The van der Waals surface area contributed by atoms with Crippen LogP contribution >= 0.6 is 0 Å². The predicted molar refractivity (Wildman–Crippen MR) is 67.4 cm³/mol. The number of benzene rings is 1. The molecule has 0 saturated heterocycles. The molecule has 0 amide bonds. The fourth-order valence-electron chi connectivity index (χ4n) is 1.83. The Balaban J connectivity index is 2.30. The van der Waals surface area contributed by atoms with Crippen molar-refractivity contribution in [3.63, 3.8) is 0 Å². The number of aromatic amines is 1. The molecule has 0 aliphatic carbocycles. The number of rotatable bonds is 1. The van der Waals surface area contributed by atoms with Gasteiger partial charge in [0.25, 0.3) is 0 Å². The van der Waals surface area contributed by atoms with Gasteiger partial charge in [-0.15, -0.1) is 0 Å². The maximum atomic E-state index is 7.88. The first-order chi connectivity index (χ1) is 8.34. The molecule has 3 nitrogen and oxygen atoms in total. The highest BCUT2D eigenvalue weighted by Crippen LogP contribution is 2.17. The minimum Gasteiger partial charge on any atom is -0.338 e. The van der Waals surface area contributed by atoms with E-state index in [9.17, 15) is 0 Å². The van der Waals surface area contributed by atoms with Crippen LogP contribution in [0, 0.1) is 5.41 Å². The first-order valence-electron chi connectivity index (χ1n) is 5.44. The van der Waals surface area contributed by atoms with Gasteiger partial charge >= 0.3 is 0 Å². The number of nitrogens with one attached hydrogen (secondary N) is 2. The summed E-state index contributed by atoms with van der Waals surface area (Å²) in [5, 5.41) is 8.31. The van der Waals surface area contributed by atoms with Crippen molar-refractivity contribution in [1.82, 2.24) is 9.97 Å². The molecule has 3 rings (SSSR count). The molecular weight excluding hydrogens is 210 g/mol. The Labute approximate surface area is 98.3 Å². The van der Waals surface area contributed by atoms with E-state index < -0.39 is 0 Å². The largest absolute Gasteiger partial charge is 0.338 e. The fourth-order valence-corrected chi connectivity index (χ4v) is 1.83. The van der Waals surface area contributed by atoms with Crippen LogP contribution in [0.25, 0.3) is 22.4 Å². The van der Waals surface area contributed by atoms with E-state index in [0.29, 0.717) is 10.9 Å². The predicted octanol–water partition coefficient (Wildman–Crippen LogP) is 2.71. The van der Waals surface area contributed by atoms with Gasteiger partial charge in [-0.1, -0.05) is 42.5 Å². The van der Waals surface area contributed by atoms with Gasteiger partial charge in [0.1, 0.15) is 11.3 Å². The third kappa shape index (κ3) is 1.72. The van der Waals surface area contributed by atoms with Crippen molar-refractivity contribution in [1.29, 1.82) is 5.41 Å². The maximum absolute atomic E-state index is 7.88. The maximum Gasteiger partial charge on any atom is 0.138 e. The molecule has 2 N–H and O–H groups in total. The molecule has 1 heterocycles. The highest BCUT2D eigenvalue weighted by molar-refractivity contribution is 5.78. The van der Waals surface area contributed by atoms with Gasteiger partial charge in [-0.2, -0.15) is 0 Å². The normalized spacial score (nSPS) is 10.6. The van der Waals surface area contributed by atoms with Crippen LogP contribution < -0.4 is 5.36 Å². The molecule has 0 bridgehead atoms. The number of H-pyrrole nitrogens is 1. The van der Waals surface area contributed by atoms with Gasteiger partial charge < -0.3 is 4.98 Å². The molecule has 0 atom stereocenters. The minimum atomic E-state index is 0.434. The summed E-state index contributed by atoms with van der Waals surface area (Å²) in [6.07, 6.45) is 0. The van der Waals surface area contributed by atoms with E-state index in [-0.39, 0.29) is 0 Å². The standard InChI is InChI=1S/C14H11N3/c15-11-8-4-5-9-12-13(11)17-14(16-12)10-6-2-1-3-7-10/h1-9,15H,(H,16,17). The number of fused-ring (bicyclic) bond motifs is 1. The molecule has 0 unspecified atom stereocenters. The van der Waals surface area contributed by atoms with Crippen LogP contribution in [0.3, 0.4) is 0 Å². The Kier molecular flexibility index (Phi) is 2.22. The van der Waals surface area contributed by atoms with E-state index in [0.717, 1.165) is 16.9 Å². The van der Waals surface area contributed by atoms with Crippen molar-refractivity contribution in [2.45, 2.75) is 0 Å². The number of hydrogen-bond acceptors (Lipinski definition) is 2. The van der Waals surface area contributed by atoms with Gasteiger partial charge in [0.2, 0.25) is 0 Å². The first-order valence-corrected chi connectivity index (χ1v) is 5.44. The summed E-state index contributed by atoms with van der Waals surface area (Å²) in [6, 6.07) is 17.4. The zero-order valence-corrected chi connectivity index (χ0v) is 9.14. The molecule has 0 radical (unpaired) electrons. The molecule has 3 aromatic rings. The van der Waals surface area contributed by atoms with E-state index >= 15 is 0 Å². The number of imidazole rings is 1. The lowest BCUT2D eigenvalue weighted by Gasteiger charge is -1.93. The quantitative estimate of drug-likeness (QED) is 0.652. The molecule has 0 saturated carbocycles. The van der Waals surface area contributed by atoms with E-state index in [4.69, 9.17) is 5.41 Å². The summed E-state index contributed by atoms with van der Waals surface area (Å²) in [6.45, 7) is 0. The Morgan fingerprint density at radius 3 is 2.41 bits per heavy atom. The summed E-state index contributed by atoms with van der Waals surface area (Å²) in [7, 11) is 0. The topological polar surface area (TPSA) is 52.5 Å². The zero-order valence-electron chi connectivity index (χ0n) is 9.14. The molecular formula is C14H11N3. The van der Waals surface area contributed by atoms with Crippen LogP contribution in [0.15, 0.2) is 54.6 Å². The molecule has 2 aromatic carbocycles. The monoisotopic (exact) mass is 221 g/mol. The minimum absolute atomic E-state index is 0.434. The van der Waals surface area contributed by atoms with Gasteiger partial charge in [-0.3, -0.25) is 5.41 Å². The van der Waals surface area contributed by atoms with Crippen LogP contribution in [-0.4, -0.2) is 9.97 Å². The van der Waals surface area contributed by atoms with Crippen LogP contribution in [0.5, 0.6) is 0 Å². The van der Waals surface area contributed by atoms with E-state index in [1.807, 2.05) is 48.5 Å². The molecule has 0 aliphatic rings. The second-order valence-corrected chi connectivity index (χ2v) is 3.85. The second-order valence-electron chi connectivity index (χ2n) is 3.85. The molecule has 0 aliphatic heterocycles. The molecule has 0 spiro atoms. The van der Waals surface area contributed by atoms with Gasteiger partial charge in [-0.25, -0.2) is 4.98 Å². The molecule has 17 heavy (non-hydrogen) atoms. The zero-order chi connectivity index (χ0) is 11.7. The van der Waals surface area contributed by atoms with E-state index in [1.165, 1.54) is 0 Å². The van der Waals surface area contributed by atoms with Crippen LogP contribution in [0.2, 0.25) is 0 Å². The van der Waals surface area contributed by atoms with Gasteiger partial charge in [0.05, 0.1) is 10.9 Å². The van der Waals surface area contributed by atoms with Crippen molar-refractivity contribution in [3.05, 3.63) is 60.0 Å². The summed E-state index contributed by atoms with van der Waals surface area (Å²) in [5.41, 5.74) is 2.62. The third-order valence-electron chi connectivity index (χ3n) is 2.67. The Morgan fingerprint density at radius 1 is 0.882 bits per heavy atom. The smallest absolute Gasteiger partial charge is 0.138 e. The molecule has 3 heteroatoms. The third-order valence-corrected chi connectivity index (χ3v) is 2.67. The van der Waals surface area contributed by atoms with Gasteiger partial charge in [0.15, 0.2) is 0 Å². The van der Waals surface area contributed by atoms with Gasteiger partial charge in [0, 0.05) is 5.56 Å². The lowest BCUT2D eigenvalue weighted by Crippen LogP contribution is -1.94. The lowest BCUT2D eigenvalue weighted by molar-refractivity contribution is 1.27. The number of hydrogen-bond donors (Lipinski definition) is 2. The lowest BCUT2D eigenvalue weighted by atomic mass is 10.2.